The van der Waals surface area contributed by atoms with E-state index >= 15 is 0 Å². The monoisotopic (exact) mass is 300 g/mol. The molecule has 0 heterocycles. The van der Waals surface area contributed by atoms with Crippen LogP contribution in [-0.4, -0.2) is 26.2 Å². The van der Waals surface area contributed by atoms with Crippen LogP contribution in [0.15, 0.2) is 24.3 Å². The lowest BCUT2D eigenvalue weighted by Gasteiger charge is -2.34. The van der Waals surface area contributed by atoms with Gasteiger partial charge < -0.3 is 20.4 Å². The molecule has 1 aliphatic carbocycles. The summed E-state index contributed by atoms with van der Waals surface area (Å²) in [5.74, 6) is -0.783. The number of aliphatic hydroxyl groups excluding tert-OH is 1. The number of hydrogen-bond donors (Lipinski definition) is 4. The van der Waals surface area contributed by atoms with E-state index in [4.69, 9.17) is 0 Å². The Bertz CT molecular complexity index is 805. The van der Waals surface area contributed by atoms with Gasteiger partial charge in [-0.2, -0.15) is 0 Å². The zero-order valence-electron chi connectivity index (χ0n) is 12.2. The van der Waals surface area contributed by atoms with Crippen LogP contribution in [0.2, 0.25) is 0 Å². The number of ketones is 1. The molecule has 114 valence electrons. The first kappa shape index (κ1) is 14.6. The molecule has 5 heteroatoms. The Hall–Kier alpha value is -2.37. The number of phenolic OH excluding ortho intramolecular Hbond substituents is 1. The van der Waals surface area contributed by atoms with Gasteiger partial charge >= 0.3 is 0 Å². The number of hydrogen-bond acceptors (Lipinski definition) is 5. The van der Waals surface area contributed by atoms with E-state index < -0.39 is 18.0 Å². The number of carbonyl (C=O) groups is 1. The molecule has 0 saturated heterocycles. The lowest BCUT2D eigenvalue weighted by atomic mass is 9.73. The quantitative estimate of drug-likeness (QED) is 0.642. The van der Waals surface area contributed by atoms with Gasteiger partial charge in [-0.15, -0.1) is 0 Å². The maximum Gasteiger partial charge on any atom is 0.197 e. The molecule has 0 bridgehead atoms. The summed E-state index contributed by atoms with van der Waals surface area (Å²) in [5, 5.41) is 40.2. The molecule has 0 amide bonds. The van der Waals surface area contributed by atoms with E-state index in [0.717, 1.165) is 0 Å². The molecule has 4 N–H and O–H groups in total. The van der Waals surface area contributed by atoms with E-state index in [0.29, 0.717) is 11.1 Å². The van der Waals surface area contributed by atoms with Crippen molar-refractivity contribution in [3.8, 4) is 11.5 Å². The van der Waals surface area contributed by atoms with E-state index in [1.165, 1.54) is 31.2 Å². The van der Waals surface area contributed by atoms with E-state index in [9.17, 15) is 25.2 Å². The van der Waals surface area contributed by atoms with Crippen LogP contribution in [-0.2, 0) is 12.2 Å². The molecule has 2 aromatic rings. The average molecular weight is 300 g/mol. The number of rotatable bonds is 1. The summed E-state index contributed by atoms with van der Waals surface area (Å²) in [4.78, 5) is 12.8. The van der Waals surface area contributed by atoms with E-state index in [-0.39, 0.29) is 33.8 Å². The zero-order chi connectivity index (χ0) is 16.2. The highest BCUT2D eigenvalue weighted by molar-refractivity contribution is 6.15. The largest absolute Gasteiger partial charge is 0.508 e. The summed E-state index contributed by atoms with van der Waals surface area (Å²) >= 11 is 0. The fourth-order valence-electron chi connectivity index (χ4n) is 3.12. The van der Waals surface area contributed by atoms with Gasteiger partial charge in [0.15, 0.2) is 5.78 Å². The van der Waals surface area contributed by atoms with Crippen molar-refractivity contribution >= 4 is 5.78 Å². The Morgan fingerprint density at radius 2 is 1.77 bits per heavy atom. The molecule has 22 heavy (non-hydrogen) atoms. The van der Waals surface area contributed by atoms with Gasteiger partial charge in [-0.3, -0.25) is 4.79 Å². The van der Waals surface area contributed by atoms with Crippen molar-refractivity contribution in [2.45, 2.75) is 26.1 Å². The molecule has 3 rings (SSSR count). The molecule has 2 aromatic carbocycles. The first-order valence-corrected chi connectivity index (χ1v) is 6.86. The average Bonchev–Trinajstić information content (AvgIpc) is 2.44. The fraction of sp³-hybridized carbons (Fsp3) is 0.235. The third kappa shape index (κ3) is 1.76. The predicted octanol–water partition coefficient (Wildman–Crippen LogP) is 1.70. The Balaban J connectivity index is 2.41. The molecule has 0 fully saturated rings. The minimum Gasteiger partial charge on any atom is -0.508 e. The highest BCUT2D eigenvalue weighted by atomic mass is 16.3. The number of carbonyl (C=O) groups excluding carboxylic acids is 1. The minimum atomic E-state index is -1.53. The Kier molecular flexibility index (Phi) is 3.02. The lowest BCUT2D eigenvalue weighted by Crippen LogP contribution is -2.33. The summed E-state index contributed by atoms with van der Waals surface area (Å²) in [6.07, 6.45) is 0. The van der Waals surface area contributed by atoms with Crippen LogP contribution in [0.25, 0.3) is 0 Å². The number of aryl methyl sites for hydroxylation is 1. The second kappa shape index (κ2) is 4.56. The summed E-state index contributed by atoms with van der Waals surface area (Å²) < 4.78 is 0. The molecule has 0 spiro atoms. The maximum atomic E-state index is 12.8. The third-order valence-electron chi connectivity index (χ3n) is 4.26. The number of aliphatic hydroxyl groups is 2. The van der Waals surface area contributed by atoms with Crippen molar-refractivity contribution in [1.82, 2.24) is 0 Å². The molecule has 5 nitrogen and oxygen atoms in total. The summed E-state index contributed by atoms with van der Waals surface area (Å²) in [7, 11) is 0. The summed E-state index contributed by atoms with van der Waals surface area (Å²) in [6, 6.07) is 5.78. The van der Waals surface area contributed by atoms with Crippen molar-refractivity contribution in [3.05, 3.63) is 57.6 Å². The number of aromatic hydroxyl groups is 2. The Morgan fingerprint density at radius 3 is 2.41 bits per heavy atom. The molecule has 0 aromatic heterocycles. The number of phenols is 2. The molecule has 1 aliphatic rings. The summed E-state index contributed by atoms with van der Waals surface area (Å²) in [6.45, 7) is 2.76. The fourth-order valence-corrected chi connectivity index (χ4v) is 3.12. The zero-order valence-corrected chi connectivity index (χ0v) is 12.2. The van der Waals surface area contributed by atoms with Crippen LogP contribution < -0.4 is 0 Å². The van der Waals surface area contributed by atoms with E-state index in [2.05, 4.69) is 0 Å². The van der Waals surface area contributed by atoms with Crippen LogP contribution >= 0.6 is 0 Å². The predicted molar refractivity (Wildman–Crippen MR) is 79.0 cm³/mol. The SMILES string of the molecule is Cc1cc(O)cc2c1C(=O)c1c(ccc(CO)c1O)[C@]2(C)O. The smallest absolute Gasteiger partial charge is 0.197 e. The normalized spacial score (nSPS) is 19.7. The van der Waals surface area contributed by atoms with Crippen molar-refractivity contribution in [2.75, 3.05) is 0 Å². The second-order valence-corrected chi connectivity index (χ2v) is 5.74. The molecular formula is C17H16O5. The van der Waals surface area contributed by atoms with Gasteiger partial charge in [-0.05, 0) is 31.5 Å². The highest BCUT2D eigenvalue weighted by Crippen LogP contribution is 2.45. The number of benzene rings is 2. The van der Waals surface area contributed by atoms with Crippen molar-refractivity contribution in [1.29, 1.82) is 0 Å². The van der Waals surface area contributed by atoms with Crippen LogP contribution in [0.4, 0.5) is 0 Å². The van der Waals surface area contributed by atoms with Gasteiger partial charge in [0.05, 0.1) is 12.2 Å². The molecule has 0 saturated carbocycles. The standard InChI is InChI=1S/C17H16O5/c1-8-5-10(19)6-12-13(8)16(21)14-11(17(12,2)22)4-3-9(7-18)15(14)20/h3-6,18-20,22H,7H2,1-2H3/t17-/m0/s1. The molecule has 0 aliphatic heterocycles. The number of fused-ring (bicyclic) bond motifs is 2. The lowest BCUT2D eigenvalue weighted by molar-refractivity contribution is 0.0853. The van der Waals surface area contributed by atoms with Gasteiger partial charge in [0.2, 0.25) is 0 Å². The topological polar surface area (TPSA) is 98.0 Å². The van der Waals surface area contributed by atoms with Crippen molar-refractivity contribution in [2.24, 2.45) is 0 Å². The first-order valence-electron chi connectivity index (χ1n) is 6.86. The Labute approximate surface area is 127 Å². The third-order valence-corrected chi connectivity index (χ3v) is 4.26. The van der Waals surface area contributed by atoms with Gasteiger partial charge in [0, 0.05) is 22.3 Å². The van der Waals surface area contributed by atoms with Crippen LogP contribution in [0, 0.1) is 6.92 Å². The maximum absolute atomic E-state index is 12.8. The van der Waals surface area contributed by atoms with Crippen LogP contribution in [0.1, 0.15) is 45.1 Å². The molecular weight excluding hydrogens is 284 g/mol. The van der Waals surface area contributed by atoms with E-state index in [1.54, 1.807) is 6.92 Å². The van der Waals surface area contributed by atoms with Gasteiger partial charge in [-0.1, -0.05) is 12.1 Å². The molecule has 1 atom stereocenters. The van der Waals surface area contributed by atoms with Gasteiger partial charge in [0.25, 0.3) is 0 Å². The van der Waals surface area contributed by atoms with Crippen LogP contribution in [0.3, 0.4) is 0 Å². The minimum absolute atomic E-state index is 0.00200. The van der Waals surface area contributed by atoms with Crippen molar-refractivity contribution in [3.63, 3.8) is 0 Å². The van der Waals surface area contributed by atoms with Gasteiger partial charge in [-0.25, -0.2) is 0 Å². The van der Waals surface area contributed by atoms with E-state index in [1.807, 2.05) is 0 Å². The first-order chi connectivity index (χ1) is 10.3. The van der Waals surface area contributed by atoms with Crippen LogP contribution in [0.5, 0.6) is 11.5 Å². The van der Waals surface area contributed by atoms with Gasteiger partial charge in [0.1, 0.15) is 17.1 Å². The highest BCUT2D eigenvalue weighted by Gasteiger charge is 2.41. The molecule has 0 radical (unpaired) electrons. The van der Waals surface area contributed by atoms with Crippen molar-refractivity contribution < 1.29 is 25.2 Å². The molecule has 0 unspecified atom stereocenters. The summed E-state index contributed by atoms with van der Waals surface area (Å²) in [5.41, 5.74) is 0.0254. The Morgan fingerprint density at radius 1 is 1.09 bits per heavy atom. The second-order valence-electron chi connectivity index (χ2n) is 5.74.